The summed E-state index contributed by atoms with van der Waals surface area (Å²) in [4.78, 5) is 4.88. The van der Waals surface area contributed by atoms with Gasteiger partial charge in [-0.05, 0) is 53.3 Å². The van der Waals surface area contributed by atoms with Gasteiger partial charge in [0.15, 0.2) is 11.3 Å². The van der Waals surface area contributed by atoms with Crippen LogP contribution in [0.2, 0.25) is 0 Å². The minimum atomic E-state index is 0.969. The Morgan fingerprint density at radius 2 is 2.00 bits per heavy atom. The van der Waals surface area contributed by atoms with Gasteiger partial charge in [0.25, 0.3) is 0 Å². The van der Waals surface area contributed by atoms with Crippen molar-refractivity contribution in [1.82, 2.24) is 14.1 Å². The zero-order chi connectivity index (χ0) is 15.7. The number of imidazole rings is 2. The van der Waals surface area contributed by atoms with Crippen LogP contribution in [0.4, 0.5) is 0 Å². The van der Waals surface area contributed by atoms with Crippen molar-refractivity contribution in [3.63, 3.8) is 0 Å². The molecule has 0 saturated carbocycles. The Labute approximate surface area is 147 Å². The molecule has 0 radical (unpaired) electrons. The van der Waals surface area contributed by atoms with E-state index in [-0.39, 0.29) is 0 Å². The zero-order valence-corrected chi connectivity index (χ0v) is 15.2. The first-order valence-corrected chi connectivity index (χ1v) is 8.89. The second kappa shape index (κ2) is 4.56. The van der Waals surface area contributed by atoms with E-state index in [9.17, 15) is 0 Å². The molecule has 4 nitrogen and oxygen atoms in total. The number of halogens is 1. The van der Waals surface area contributed by atoms with E-state index < -0.39 is 0 Å². The number of nitrogens with zero attached hydrogens (tertiary/aromatic N) is 4. The number of hydrogen-bond acceptors (Lipinski definition) is 1. The molecule has 0 spiro atoms. The number of para-hydroxylation sites is 2. The van der Waals surface area contributed by atoms with Crippen LogP contribution >= 0.6 is 22.6 Å². The van der Waals surface area contributed by atoms with E-state index in [0.717, 1.165) is 24.3 Å². The summed E-state index contributed by atoms with van der Waals surface area (Å²) in [5, 5.41) is 0. The SMILES string of the molecule is Cc1cccc2nc3n(c12)-c1n(c2cccc(I)c2[n+]1C)CC3. The Kier molecular flexibility index (Phi) is 2.69. The first-order chi connectivity index (χ1) is 11.2. The van der Waals surface area contributed by atoms with Gasteiger partial charge in [-0.25, -0.2) is 14.1 Å². The summed E-state index contributed by atoms with van der Waals surface area (Å²) in [6.45, 7) is 3.15. The standard InChI is InChI=1S/C18H16IN4/c1-11-5-3-7-13-16(11)23-15(20-13)9-10-22-14-8-4-6-12(19)17(14)21(2)18(22)23/h3-8H,9-10H2,1-2H3/q+1. The van der Waals surface area contributed by atoms with Crippen LogP contribution < -0.4 is 4.57 Å². The van der Waals surface area contributed by atoms with Crippen molar-refractivity contribution < 1.29 is 4.57 Å². The van der Waals surface area contributed by atoms with Crippen LogP contribution in [0, 0.1) is 10.5 Å². The molecule has 5 heteroatoms. The molecule has 1 aliphatic rings. The fourth-order valence-electron chi connectivity index (χ4n) is 3.87. The molecule has 2 aromatic carbocycles. The largest absolute Gasteiger partial charge is 0.371 e. The van der Waals surface area contributed by atoms with Crippen LogP contribution in [0.15, 0.2) is 36.4 Å². The smallest absolute Gasteiger partial charge is 0.229 e. The molecule has 4 aromatic rings. The van der Waals surface area contributed by atoms with Crippen LogP contribution in [0.5, 0.6) is 0 Å². The summed E-state index contributed by atoms with van der Waals surface area (Å²) >= 11 is 2.43. The lowest BCUT2D eigenvalue weighted by molar-refractivity contribution is -0.640. The van der Waals surface area contributed by atoms with Gasteiger partial charge in [-0.2, -0.15) is 4.57 Å². The first-order valence-electron chi connectivity index (χ1n) is 7.81. The average Bonchev–Trinajstić information content (AvgIpc) is 3.05. The van der Waals surface area contributed by atoms with Gasteiger partial charge in [0.05, 0.1) is 23.6 Å². The van der Waals surface area contributed by atoms with Crippen molar-refractivity contribution in [2.45, 2.75) is 19.9 Å². The van der Waals surface area contributed by atoms with Crippen LogP contribution in [0.25, 0.3) is 28.0 Å². The third kappa shape index (κ3) is 1.66. The Morgan fingerprint density at radius 1 is 1.17 bits per heavy atom. The predicted octanol–water partition coefficient (Wildman–Crippen LogP) is 3.27. The molecule has 0 amide bonds. The zero-order valence-electron chi connectivity index (χ0n) is 13.0. The molecule has 0 bridgehead atoms. The third-order valence-corrected chi connectivity index (χ3v) is 5.71. The molecule has 3 heterocycles. The van der Waals surface area contributed by atoms with Gasteiger partial charge >= 0.3 is 5.95 Å². The molecule has 0 atom stereocenters. The molecule has 114 valence electrons. The van der Waals surface area contributed by atoms with Crippen molar-refractivity contribution in [3.05, 3.63) is 51.4 Å². The second-order valence-corrected chi connectivity index (χ2v) is 7.34. The summed E-state index contributed by atoms with van der Waals surface area (Å²) in [5.74, 6) is 2.37. The number of fused-ring (bicyclic) bond motifs is 7. The molecule has 0 saturated heterocycles. The number of aromatic nitrogens is 4. The van der Waals surface area contributed by atoms with E-state index >= 15 is 0 Å². The normalized spacial score (nSPS) is 13.5. The molecule has 23 heavy (non-hydrogen) atoms. The summed E-state index contributed by atoms with van der Waals surface area (Å²) in [6.07, 6.45) is 0.969. The lowest BCUT2D eigenvalue weighted by Crippen LogP contribution is -2.36. The lowest BCUT2D eigenvalue weighted by atomic mass is 10.2. The van der Waals surface area contributed by atoms with Gasteiger partial charge in [-0.15, -0.1) is 0 Å². The molecule has 0 fully saturated rings. The number of aryl methyl sites for hydroxylation is 4. The predicted molar refractivity (Wildman–Crippen MR) is 98.9 cm³/mol. The van der Waals surface area contributed by atoms with E-state index in [2.05, 4.69) is 86.7 Å². The average molecular weight is 415 g/mol. The highest BCUT2D eigenvalue weighted by atomic mass is 127. The minimum Gasteiger partial charge on any atom is -0.229 e. The van der Waals surface area contributed by atoms with Crippen LogP contribution in [-0.2, 0) is 20.0 Å². The maximum atomic E-state index is 4.88. The fourth-order valence-corrected chi connectivity index (χ4v) is 4.72. The molecule has 2 aromatic heterocycles. The number of benzene rings is 2. The van der Waals surface area contributed by atoms with Crippen LogP contribution in [0.1, 0.15) is 11.4 Å². The quantitative estimate of drug-likeness (QED) is 0.320. The Hall–Kier alpha value is -1.89. The van der Waals surface area contributed by atoms with Gasteiger partial charge < -0.3 is 0 Å². The molecular formula is C18H16IN4+. The highest BCUT2D eigenvalue weighted by Gasteiger charge is 2.33. The van der Waals surface area contributed by atoms with Gasteiger partial charge in [0, 0.05) is 0 Å². The molecule has 0 N–H and O–H groups in total. The maximum absolute atomic E-state index is 4.88. The summed E-state index contributed by atoms with van der Waals surface area (Å²) in [6, 6.07) is 12.9. The Balaban J connectivity index is 2.00. The topological polar surface area (TPSA) is 26.6 Å². The summed E-state index contributed by atoms with van der Waals surface area (Å²) < 4.78 is 8.38. The van der Waals surface area contributed by atoms with E-state index in [4.69, 9.17) is 4.98 Å². The Morgan fingerprint density at radius 3 is 2.87 bits per heavy atom. The summed E-state index contributed by atoms with van der Waals surface area (Å²) in [5.41, 5.74) is 6.20. The molecule has 1 aliphatic heterocycles. The third-order valence-electron chi connectivity index (χ3n) is 4.84. The molecule has 5 rings (SSSR count). The minimum absolute atomic E-state index is 0.969. The van der Waals surface area contributed by atoms with E-state index in [1.165, 1.54) is 31.6 Å². The van der Waals surface area contributed by atoms with Crippen molar-refractivity contribution in [3.8, 4) is 5.95 Å². The first kappa shape index (κ1) is 13.5. The highest BCUT2D eigenvalue weighted by Crippen LogP contribution is 2.30. The van der Waals surface area contributed by atoms with Gasteiger partial charge in [0.2, 0.25) is 0 Å². The van der Waals surface area contributed by atoms with Crippen molar-refractivity contribution in [2.24, 2.45) is 7.05 Å². The van der Waals surface area contributed by atoms with Gasteiger partial charge in [-0.1, -0.05) is 18.2 Å². The van der Waals surface area contributed by atoms with Crippen LogP contribution in [-0.4, -0.2) is 14.1 Å². The Bertz CT molecular complexity index is 1100. The van der Waals surface area contributed by atoms with E-state index in [1.54, 1.807) is 0 Å². The second-order valence-electron chi connectivity index (χ2n) is 6.17. The molecule has 0 unspecified atom stereocenters. The number of rotatable bonds is 0. The van der Waals surface area contributed by atoms with E-state index in [1.807, 2.05) is 0 Å². The maximum Gasteiger partial charge on any atom is 0.371 e. The monoisotopic (exact) mass is 415 g/mol. The molecular weight excluding hydrogens is 399 g/mol. The number of hydrogen-bond donors (Lipinski definition) is 0. The van der Waals surface area contributed by atoms with E-state index in [0.29, 0.717) is 0 Å². The van der Waals surface area contributed by atoms with Gasteiger partial charge in [-0.3, -0.25) is 0 Å². The summed E-state index contributed by atoms with van der Waals surface area (Å²) in [7, 11) is 2.16. The van der Waals surface area contributed by atoms with Crippen molar-refractivity contribution in [1.29, 1.82) is 0 Å². The fraction of sp³-hybridized carbons (Fsp3) is 0.222. The van der Waals surface area contributed by atoms with Gasteiger partial charge in [0.1, 0.15) is 16.6 Å². The highest BCUT2D eigenvalue weighted by molar-refractivity contribution is 14.1. The lowest BCUT2D eigenvalue weighted by Gasteiger charge is -2.12. The van der Waals surface area contributed by atoms with Crippen molar-refractivity contribution in [2.75, 3.05) is 0 Å². The van der Waals surface area contributed by atoms with Crippen molar-refractivity contribution >= 4 is 44.7 Å². The molecule has 0 aliphatic carbocycles. The van der Waals surface area contributed by atoms with Crippen LogP contribution in [0.3, 0.4) is 0 Å².